The molecule has 98 valence electrons. The predicted molar refractivity (Wildman–Crippen MR) is 84.2 cm³/mol. The third-order valence-electron chi connectivity index (χ3n) is 3.41. The first-order chi connectivity index (χ1) is 9.84. The van der Waals surface area contributed by atoms with E-state index in [9.17, 15) is 0 Å². The molecule has 20 heavy (non-hydrogen) atoms. The lowest BCUT2D eigenvalue weighted by Gasteiger charge is -2.19. The molecule has 0 saturated carbocycles. The van der Waals surface area contributed by atoms with Crippen LogP contribution in [0.5, 0.6) is 0 Å². The van der Waals surface area contributed by atoms with E-state index in [0.717, 1.165) is 0 Å². The van der Waals surface area contributed by atoms with Crippen LogP contribution >= 0.6 is 0 Å². The molecule has 1 heterocycles. The van der Waals surface area contributed by atoms with Crippen LogP contribution in [0.4, 0.5) is 11.4 Å². The molecule has 1 aromatic heterocycles. The summed E-state index contributed by atoms with van der Waals surface area (Å²) in [6.07, 6.45) is 3.64. The van der Waals surface area contributed by atoms with E-state index in [4.69, 9.17) is 0 Å². The van der Waals surface area contributed by atoms with E-state index in [1.807, 2.05) is 30.6 Å². The Bertz CT molecular complexity index is 661. The maximum atomic E-state index is 4.05. The Morgan fingerprint density at radius 2 is 1.20 bits per heavy atom. The van der Waals surface area contributed by atoms with Crippen LogP contribution in [0.2, 0.25) is 0 Å². The molecular weight excluding hydrogens is 244 g/mol. The van der Waals surface area contributed by atoms with Crippen LogP contribution in [-0.2, 0) is 0 Å². The van der Waals surface area contributed by atoms with E-state index in [-0.39, 0.29) is 0 Å². The number of rotatable bonds is 3. The standard InChI is InChI=1S/C18H16N2/c1-20(17-5-3-2-4-6-17)18-9-7-15(8-10-18)16-11-13-19-14-12-16/h2-14H,1H3. The van der Waals surface area contributed by atoms with Crippen LogP contribution < -0.4 is 4.90 Å². The average Bonchev–Trinajstić information content (AvgIpc) is 2.56. The van der Waals surface area contributed by atoms with Gasteiger partial charge in [0, 0.05) is 30.8 Å². The molecule has 0 amide bonds. The summed E-state index contributed by atoms with van der Waals surface area (Å²) in [7, 11) is 2.08. The molecule has 2 aromatic carbocycles. The Morgan fingerprint density at radius 1 is 0.650 bits per heavy atom. The smallest absolute Gasteiger partial charge is 0.0408 e. The Balaban J connectivity index is 1.87. The second-order valence-electron chi connectivity index (χ2n) is 4.68. The van der Waals surface area contributed by atoms with Gasteiger partial charge in [-0.25, -0.2) is 0 Å². The van der Waals surface area contributed by atoms with Crippen molar-refractivity contribution in [3.63, 3.8) is 0 Å². The fourth-order valence-corrected chi connectivity index (χ4v) is 2.22. The van der Waals surface area contributed by atoms with E-state index in [2.05, 4.69) is 65.5 Å². The van der Waals surface area contributed by atoms with Gasteiger partial charge in [-0.1, -0.05) is 30.3 Å². The molecule has 0 radical (unpaired) electrons. The Labute approximate surface area is 119 Å². The maximum absolute atomic E-state index is 4.05. The largest absolute Gasteiger partial charge is 0.345 e. The van der Waals surface area contributed by atoms with Crippen LogP contribution in [0, 0.1) is 0 Å². The van der Waals surface area contributed by atoms with Crippen LogP contribution in [0.1, 0.15) is 0 Å². The number of para-hydroxylation sites is 1. The fraction of sp³-hybridized carbons (Fsp3) is 0.0556. The highest BCUT2D eigenvalue weighted by Gasteiger charge is 2.03. The molecule has 3 aromatic rings. The zero-order valence-corrected chi connectivity index (χ0v) is 11.4. The number of pyridine rings is 1. The third kappa shape index (κ3) is 2.54. The number of aromatic nitrogens is 1. The van der Waals surface area contributed by atoms with Crippen molar-refractivity contribution in [1.29, 1.82) is 0 Å². The second kappa shape index (κ2) is 5.57. The Morgan fingerprint density at radius 3 is 1.85 bits per heavy atom. The summed E-state index contributed by atoms with van der Waals surface area (Å²) in [6, 6.07) is 23.0. The zero-order valence-electron chi connectivity index (χ0n) is 11.4. The van der Waals surface area contributed by atoms with E-state index in [0.29, 0.717) is 0 Å². The molecule has 0 bridgehead atoms. The van der Waals surface area contributed by atoms with Gasteiger partial charge in [0.1, 0.15) is 0 Å². The minimum absolute atomic E-state index is 1.18. The van der Waals surface area contributed by atoms with Gasteiger partial charge in [-0.2, -0.15) is 0 Å². The Kier molecular flexibility index (Phi) is 3.46. The first kappa shape index (κ1) is 12.4. The number of hydrogen-bond acceptors (Lipinski definition) is 2. The maximum Gasteiger partial charge on any atom is 0.0408 e. The van der Waals surface area contributed by atoms with Gasteiger partial charge in [-0.05, 0) is 47.5 Å². The van der Waals surface area contributed by atoms with Gasteiger partial charge in [0.05, 0.1) is 0 Å². The summed E-state index contributed by atoms with van der Waals surface area (Å²) < 4.78 is 0. The lowest BCUT2D eigenvalue weighted by Crippen LogP contribution is -2.08. The Hall–Kier alpha value is -2.61. The van der Waals surface area contributed by atoms with Gasteiger partial charge in [-0.15, -0.1) is 0 Å². The normalized spacial score (nSPS) is 10.2. The highest BCUT2D eigenvalue weighted by Crippen LogP contribution is 2.26. The van der Waals surface area contributed by atoms with Gasteiger partial charge in [0.25, 0.3) is 0 Å². The lowest BCUT2D eigenvalue weighted by atomic mass is 10.1. The molecule has 2 nitrogen and oxygen atoms in total. The molecule has 0 atom stereocenters. The van der Waals surface area contributed by atoms with Crippen molar-refractivity contribution in [2.75, 3.05) is 11.9 Å². The third-order valence-corrected chi connectivity index (χ3v) is 3.41. The summed E-state index contributed by atoms with van der Waals surface area (Å²) in [5.41, 5.74) is 4.75. The van der Waals surface area contributed by atoms with Crippen LogP contribution in [0.15, 0.2) is 79.1 Å². The lowest BCUT2D eigenvalue weighted by molar-refractivity contribution is 1.21. The van der Waals surface area contributed by atoms with Crippen LogP contribution in [-0.4, -0.2) is 12.0 Å². The summed E-state index contributed by atoms with van der Waals surface area (Å²) >= 11 is 0. The zero-order chi connectivity index (χ0) is 13.8. The summed E-state index contributed by atoms with van der Waals surface area (Å²) in [6.45, 7) is 0. The molecule has 0 fully saturated rings. The number of nitrogens with zero attached hydrogens (tertiary/aromatic N) is 2. The molecule has 0 saturated heterocycles. The molecule has 0 aliphatic carbocycles. The number of benzene rings is 2. The number of hydrogen-bond donors (Lipinski definition) is 0. The number of anilines is 2. The van der Waals surface area contributed by atoms with Crippen molar-refractivity contribution in [1.82, 2.24) is 4.98 Å². The van der Waals surface area contributed by atoms with Crippen molar-refractivity contribution < 1.29 is 0 Å². The fourth-order valence-electron chi connectivity index (χ4n) is 2.22. The topological polar surface area (TPSA) is 16.1 Å². The first-order valence-corrected chi connectivity index (χ1v) is 6.64. The first-order valence-electron chi connectivity index (χ1n) is 6.64. The second-order valence-corrected chi connectivity index (χ2v) is 4.68. The van der Waals surface area contributed by atoms with Gasteiger partial charge in [0.2, 0.25) is 0 Å². The molecular formula is C18H16N2. The van der Waals surface area contributed by atoms with Crippen molar-refractivity contribution in [3.05, 3.63) is 79.1 Å². The summed E-state index contributed by atoms with van der Waals surface area (Å²) in [5, 5.41) is 0. The minimum Gasteiger partial charge on any atom is -0.345 e. The monoisotopic (exact) mass is 260 g/mol. The minimum atomic E-state index is 1.18. The molecule has 0 aliphatic heterocycles. The summed E-state index contributed by atoms with van der Waals surface area (Å²) in [5.74, 6) is 0. The molecule has 0 N–H and O–H groups in total. The van der Waals surface area contributed by atoms with Crippen molar-refractivity contribution >= 4 is 11.4 Å². The van der Waals surface area contributed by atoms with Gasteiger partial charge in [-0.3, -0.25) is 4.98 Å². The van der Waals surface area contributed by atoms with E-state index in [1.165, 1.54) is 22.5 Å². The predicted octanol–water partition coefficient (Wildman–Crippen LogP) is 4.52. The van der Waals surface area contributed by atoms with Crippen molar-refractivity contribution in [3.8, 4) is 11.1 Å². The molecule has 0 spiro atoms. The average molecular weight is 260 g/mol. The highest BCUT2D eigenvalue weighted by molar-refractivity contribution is 5.69. The molecule has 3 rings (SSSR count). The van der Waals surface area contributed by atoms with Gasteiger partial charge < -0.3 is 4.90 Å². The quantitative estimate of drug-likeness (QED) is 0.688. The van der Waals surface area contributed by atoms with Crippen molar-refractivity contribution in [2.45, 2.75) is 0 Å². The SMILES string of the molecule is CN(c1ccccc1)c1ccc(-c2ccncc2)cc1. The molecule has 0 unspecified atom stereocenters. The van der Waals surface area contributed by atoms with Crippen molar-refractivity contribution in [2.24, 2.45) is 0 Å². The summed E-state index contributed by atoms with van der Waals surface area (Å²) in [4.78, 5) is 6.23. The van der Waals surface area contributed by atoms with E-state index in [1.54, 1.807) is 0 Å². The van der Waals surface area contributed by atoms with Crippen LogP contribution in [0.25, 0.3) is 11.1 Å². The molecule has 0 aliphatic rings. The van der Waals surface area contributed by atoms with E-state index < -0.39 is 0 Å². The van der Waals surface area contributed by atoms with Gasteiger partial charge >= 0.3 is 0 Å². The van der Waals surface area contributed by atoms with E-state index >= 15 is 0 Å². The van der Waals surface area contributed by atoms with Gasteiger partial charge in [0.15, 0.2) is 0 Å². The molecule has 2 heteroatoms. The highest BCUT2D eigenvalue weighted by atomic mass is 15.1. The van der Waals surface area contributed by atoms with Crippen LogP contribution in [0.3, 0.4) is 0 Å².